The van der Waals surface area contributed by atoms with Gasteiger partial charge in [-0.05, 0) is 0 Å². The van der Waals surface area contributed by atoms with Crippen LogP contribution in [0, 0.1) is 0 Å². The van der Waals surface area contributed by atoms with Crippen molar-refractivity contribution in [1.82, 2.24) is 0 Å². The average molecular weight is 465 g/mol. The first-order chi connectivity index (χ1) is 14.2. The normalized spacial score (nSPS) is 14.8. The average Bonchev–Trinajstić information content (AvgIpc) is 2.87. The first kappa shape index (κ1) is 18.5. The Labute approximate surface area is 175 Å². The summed E-state index contributed by atoms with van der Waals surface area (Å²) in [5.41, 5.74) is 1.91. The maximum atomic E-state index is 13.7. The van der Waals surface area contributed by atoms with Gasteiger partial charge in [0.1, 0.15) is 0 Å². The van der Waals surface area contributed by atoms with E-state index in [0.29, 0.717) is 16.8 Å². The minimum absolute atomic E-state index is 0.324. The summed E-state index contributed by atoms with van der Waals surface area (Å²) in [4.78, 5) is 0. The van der Waals surface area contributed by atoms with Crippen molar-refractivity contribution in [3.05, 3.63) is 84.9 Å². The molecule has 5 rings (SSSR count). The van der Waals surface area contributed by atoms with Crippen molar-refractivity contribution in [2.24, 2.45) is 0 Å². The van der Waals surface area contributed by atoms with Crippen LogP contribution in [-0.2, 0) is 4.57 Å². The van der Waals surface area contributed by atoms with Crippen LogP contribution in [0.15, 0.2) is 84.9 Å². The molecule has 0 saturated carbocycles. The molecule has 0 amide bonds. The number of rotatable bonds is 3. The molecule has 4 aromatic rings. The van der Waals surface area contributed by atoms with Gasteiger partial charge in [-0.1, -0.05) is 0 Å². The molecule has 5 heteroatoms. The molecule has 1 heterocycles. The number of fused-ring (bicyclic) bond motifs is 7. The van der Waals surface area contributed by atoms with E-state index in [4.69, 9.17) is 9.05 Å². The van der Waals surface area contributed by atoms with Crippen LogP contribution in [0.1, 0.15) is 6.92 Å². The van der Waals surface area contributed by atoms with Crippen LogP contribution in [0.4, 0.5) is 0 Å². The topological polar surface area (TPSA) is 35.5 Å². The van der Waals surface area contributed by atoms with Gasteiger partial charge in [0.05, 0.1) is 0 Å². The number of benzene rings is 4. The van der Waals surface area contributed by atoms with Crippen LogP contribution in [0.5, 0.6) is 11.5 Å². The third kappa shape index (κ3) is 3.28. The summed E-state index contributed by atoms with van der Waals surface area (Å²) in [6.07, 6.45) is 0.685. The van der Waals surface area contributed by atoms with Gasteiger partial charge in [-0.2, -0.15) is 0 Å². The molecule has 0 aliphatic carbocycles. The molecule has 29 heavy (non-hydrogen) atoms. The summed E-state index contributed by atoms with van der Waals surface area (Å²) in [6, 6.07) is 24.3. The molecule has 0 N–H and O–H groups in total. The molecule has 0 radical (unpaired) electrons. The third-order valence-electron chi connectivity index (χ3n) is 5.02. The van der Waals surface area contributed by atoms with Gasteiger partial charge in [0.2, 0.25) is 0 Å². The van der Waals surface area contributed by atoms with Crippen molar-refractivity contribution in [3.63, 3.8) is 0 Å². The summed E-state index contributed by atoms with van der Waals surface area (Å²) in [5.74, 6) is 1.26. The van der Waals surface area contributed by atoms with Crippen LogP contribution in [-0.4, -0.2) is 14.5 Å². The van der Waals surface area contributed by atoms with Crippen molar-refractivity contribution in [3.8, 4) is 22.6 Å². The van der Waals surface area contributed by atoms with E-state index in [2.05, 4.69) is 24.3 Å². The fourth-order valence-electron chi connectivity index (χ4n) is 3.71. The Morgan fingerprint density at radius 1 is 0.793 bits per heavy atom. The first-order valence-corrected chi connectivity index (χ1v) is 14.4. The van der Waals surface area contributed by atoms with Crippen LogP contribution < -0.4 is 9.05 Å². The molecule has 0 saturated heterocycles. The van der Waals surface area contributed by atoms with E-state index in [0.717, 1.165) is 32.7 Å². The van der Waals surface area contributed by atoms with Gasteiger partial charge in [-0.3, -0.25) is 0 Å². The van der Waals surface area contributed by atoms with Gasteiger partial charge in [0.15, 0.2) is 0 Å². The first-order valence-electron chi connectivity index (χ1n) is 9.47. The van der Waals surface area contributed by atoms with Crippen molar-refractivity contribution in [2.75, 3.05) is 0 Å². The van der Waals surface area contributed by atoms with Crippen molar-refractivity contribution < 1.29 is 13.6 Å². The summed E-state index contributed by atoms with van der Waals surface area (Å²) in [7, 11) is 0. The van der Waals surface area contributed by atoms with Crippen LogP contribution in [0.25, 0.3) is 32.7 Å². The quantitative estimate of drug-likeness (QED) is 0.182. The molecule has 0 unspecified atom stereocenters. The SMILES string of the molecule is C/C=C/C[Se]P1(=O)Oc2ccc3ccccc3c2-c2c(ccc3ccccc23)O1. The number of allylic oxidation sites excluding steroid dienone is 2. The van der Waals surface area contributed by atoms with E-state index in [1.54, 1.807) is 0 Å². The summed E-state index contributed by atoms with van der Waals surface area (Å²) in [5, 5.41) is 5.07. The van der Waals surface area contributed by atoms with Gasteiger partial charge in [-0.15, -0.1) is 0 Å². The molecule has 0 bridgehead atoms. The molecule has 1 aliphatic heterocycles. The summed E-state index contributed by atoms with van der Waals surface area (Å²) < 4.78 is 26.0. The Hall–Kier alpha value is -2.51. The Kier molecular flexibility index (Phi) is 4.72. The maximum absolute atomic E-state index is 13.7. The molecule has 0 aromatic heterocycles. The zero-order valence-electron chi connectivity index (χ0n) is 15.9. The van der Waals surface area contributed by atoms with E-state index in [1.165, 1.54) is 0 Å². The van der Waals surface area contributed by atoms with Crippen LogP contribution >= 0.6 is 6.29 Å². The Morgan fingerprint density at radius 3 is 1.83 bits per heavy atom. The van der Waals surface area contributed by atoms with E-state index in [-0.39, 0.29) is 14.5 Å². The molecule has 0 fully saturated rings. The predicted molar refractivity (Wildman–Crippen MR) is 121 cm³/mol. The van der Waals surface area contributed by atoms with Crippen LogP contribution in [0.3, 0.4) is 0 Å². The molecule has 0 spiro atoms. The van der Waals surface area contributed by atoms with Gasteiger partial charge < -0.3 is 0 Å². The van der Waals surface area contributed by atoms with E-state index in [1.807, 2.05) is 67.6 Å². The van der Waals surface area contributed by atoms with Gasteiger partial charge in [0.25, 0.3) is 0 Å². The monoisotopic (exact) mass is 466 g/mol. The fourth-order valence-corrected chi connectivity index (χ4v) is 8.68. The molecule has 3 nitrogen and oxygen atoms in total. The zero-order chi connectivity index (χ0) is 19.8. The standard InChI is InChI=1S/C24H19O3PSe/c1-2-3-16-29-28(25)26-21-14-12-17-8-4-6-10-19(17)23(21)24-20-11-7-5-9-18(20)13-15-22(24)27-28/h2-15H,16H2,1H3/b3-2+. The summed E-state index contributed by atoms with van der Waals surface area (Å²) in [6.45, 7) is 1.96. The van der Waals surface area contributed by atoms with Gasteiger partial charge in [0, 0.05) is 0 Å². The molecule has 1 aliphatic rings. The molecule has 0 atom stereocenters. The molecular weight excluding hydrogens is 446 g/mol. The van der Waals surface area contributed by atoms with Gasteiger partial charge in [-0.25, -0.2) is 0 Å². The van der Waals surface area contributed by atoms with Crippen LogP contribution in [0.2, 0.25) is 5.32 Å². The van der Waals surface area contributed by atoms with Gasteiger partial charge >= 0.3 is 176 Å². The van der Waals surface area contributed by atoms with E-state index < -0.39 is 6.29 Å². The second-order valence-electron chi connectivity index (χ2n) is 6.81. The second kappa shape index (κ2) is 7.39. The number of hydrogen-bond acceptors (Lipinski definition) is 3. The third-order valence-corrected chi connectivity index (χ3v) is 10.6. The molecule has 4 aromatic carbocycles. The number of hydrogen-bond donors (Lipinski definition) is 0. The molecule has 144 valence electrons. The fraction of sp³-hybridized carbons (Fsp3) is 0.0833. The second-order valence-corrected chi connectivity index (χ2v) is 13.5. The summed E-state index contributed by atoms with van der Waals surface area (Å²) >= 11 is -0.324. The van der Waals surface area contributed by atoms with Crippen molar-refractivity contribution in [2.45, 2.75) is 12.2 Å². The predicted octanol–water partition coefficient (Wildman–Crippen LogP) is 7.24. The Balaban J connectivity index is 1.84. The van der Waals surface area contributed by atoms with Crippen molar-refractivity contribution >= 4 is 42.3 Å². The minimum atomic E-state index is -3.30. The molecular formula is C24H19O3PSe. The van der Waals surface area contributed by atoms with E-state index in [9.17, 15) is 4.57 Å². The van der Waals surface area contributed by atoms with Crippen molar-refractivity contribution in [1.29, 1.82) is 0 Å². The Morgan fingerprint density at radius 2 is 1.31 bits per heavy atom. The zero-order valence-corrected chi connectivity index (χ0v) is 18.5. The Bertz CT molecular complexity index is 1220. The van der Waals surface area contributed by atoms with E-state index >= 15 is 0 Å².